The Labute approximate surface area is 122 Å². The number of nitrogens with one attached hydrogen (secondary N) is 1. The molecule has 0 aliphatic carbocycles. The van der Waals surface area contributed by atoms with E-state index in [4.69, 9.17) is 18.0 Å². The normalized spacial score (nSPS) is 10.3. The molecule has 0 bridgehead atoms. The Balaban J connectivity index is 2.17. The van der Waals surface area contributed by atoms with Crippen LogP contribution in [0.2, 0.25) is 0 Å². The van der Waals surface area contributed by atoms with Crippen molar-refractivity contribution in [2.75, 3.05) is 5.32 Å². The Hall–Kier alpha value is -2.21. The van der Waals surface area contributed by atoms with Crippen LogP contribution in [-0.2, 0) is 13.5 Å². The van der Waals surface area contributed by atoms with E-state index in [1.165, 1.54) is 0 Å². The quantitative estimate of drug-likeness (QED) is 0.842. The topological polar surface area (TPSA) is 72.9 Å². The van der Waals surface area contributed by atoms with Crippen LogP contribution in [0.4, 0.5) is 5.69 Å². The Bertz CT molecular complexity index is 646. The fourth-order valence-corrected chi connectivity index (χ4v) is 2.02. The van der Waals surface area contributed by atoms with Crippen molar-refractivity contribution in [2.45, 2.75) is 13.3 Å². The van der Waals surface area contributed by atoms with E-state index in [-0.39, 0.29) is 5.91 Å². The van der Waals surface area contributed by atoms with E-state index in [0.717, 1.165) is 23.4 Å². The van der Waals surface area contributed by atoms with Crippen molar-refractivity contribution in [1.82, 2.24) is 9.78 Å². The summed E-state index contributed by atoms with van der Waals surface area (Å²) in [5.74, 6) is -0.179. The van der Waals surface area contributed by atoms with Gasteiger partial charge in [-0.3, -0.25) is 9.48 Å². The van der Waals surface area contributed by atoms with Crippen LogP contribution in [-0.4, -0.2) is 20.7 Å². The van der Waals surface area contributed by atoms with Crippen molar-refractivity contribution in [3.63, 3.8) is 0 Å². The first-order valence-corrected chi connectivity index (χ1v) is 6.65. The Morgan fingerprint density at radius 3 is 2.50 bits per heavy atom. The molecule has 1 aromatic carbocycles. The van der Waals surface area contributed by atoms with Crippen LogP contribution in [0.3, 0.4) is 0 Å². The molecular weight excluding hydrogens is 272 g/mol. The lowest BCUT2D eigenvalue weighted by Gasteiger charge is -2.05. The molecule has 1 amide bonds. The third-order valence-electron chi connectivity index (χ3n) is 2.92. The molecule has 0 aliphatic rings. The summed E-state index contributed by atoms with van der Waals surface area (Å²) in [6.45, 7) is 2.00. The molecule has 0 radical (unpaired) electrons. The molecule has 0 spiro atoms. The van der Waals surface area contributed by atoms with Crippen LogP contribution in [0, 0.1) is 0 Å². The maximum Gasteiger partial charge on any atom is 0.255 e. The zero-order chi connectivity index (χ0) is 14.7. The number of hydrogen-bond donors (Lipinski definition) is 2. The van der Waals surface area contributed by atoms with E-state index < -0.39 is 0 Å². The van der Waals surface area contributed by atoms with Gasteiger partial charge in [-0.1, -0.05) is 31.3 Å². The molecule has 3 N–H and O–H groups in total. The van der Waals surface area contributed by atoms with E-state index in [1.807, 2.05) is 14.0 Å². The van der Waals surface area contributed by atoms with Gasteiger partial charge in [0.2, 0.25) is 0 Å². The lowest BCUT2D eigenvalue weighted by molar-refractivity contribution is 0.102. The van der Waals surface area contributed by atoms with Crippen LogP contribution in [0.1, 0.15) is 28.5 Å². The number of carbonyl (C=O) groups is 1. The van der Waals surface area contributed by atoms with E-state index in [1.54, 1.807) is 35.1 Å². The van der Waals surface area contributed by atoms with Gasteiger partial charge < -0.3 is 11.1 Å². The van der Waals surface area contributed by atoms with Gasteiger partial charge in [0.25, 0.3) is 5.91 Å². The van der Waals surface area contributed by atoms with E-state index in [0.29, 0.717) is 10.6 Å². The van der Waals surface area contributed by atoms with Crippen molar-refractivity contribution >= 4 is 28.8 Å². The lowest BCUT2D eigenvalue weighted by atomic mass is 10.1. The maximum atomic E-state index is 12.2. The second kappa shape index (κ2) is 5.83. The third kappa shape index (κ3) is 3.03. The number of hydrogen-bond acceptors (Lipinski definition) is 3. The van der Waals surface area contributed by atoms with Crippen molar-refractivity contribution < 1.29 is 4.79 Å². The highest BCUT2D eigenvalue weighted by Gasteiger charge is 2.11. The van der Waals surface area contributed by atoms with E-state index in [2.05, 4.69) is 10.4 Å². The molecule has 104 valence electrons. The summed E-state index contributed by atoms with van der Waals surface area (Å²) in [5, 5.41) is 7.14. The molecule has 6 heteroatoms. The first-order valence-electron chi connectivity index (χ1n) is 6.25. The smallest absolute Gasteiger partial charge is 0.255 e. The molecule has 1 heterocycles. The van der Waals surface area contributed by atoms with Gasteiger partial charge in [-0.2, -0.15) is 5.10 Å². The second-order valence-corrected chi connectivity index (χ2v) is 4.85. The van der Waals surface area contributed by atoms with Crippen molar-refractivity contribution in [2.24, 2.45) is 12.8 Å². The van der Waals surface area contributed by atoms with Crippen LogP contribution in [0.25, 0.3) is 0 Å². The van der Waals surface area contributed by atoms with Crippen LogP contribution in [0.15, 0.2) is 30.5 Å². The van der Waals surface area contributed by atoms with Gasteiger partial charge in [0.15, 0.2) is 0 Å². The number of amides is 1. The van der Waals surface area contributed by atoms with Gasteiger partial charge in [-0.25, -0.2) is 0 Å². The fraction of sp³-hybridized carbons (Fsp3) is 0.214. The Morgan fingerprint density at radius 2 is 1.95 bits per heavy atom. The van der Waals surface area contributed by atoms with Gasteiger partial charge in [0.05, 0.1) is 11.4 Å². The first-order chi connectivity index (χ1) is 9.51. The van der Waals surface area contributed by atoms with Crippen LogP contribution < -0.4 is 11.1 Å². The average molecular weight is 288 g/mol. The van der Waals surface area contributed by atoms with Crippen molar-refractivity contribution in [1.29, 1.82) is 0 Å². The monoisotopic (exact) mass is 288 g/mol. The summed E-state index contributed by atoms with van der Waals surface area (Å²) in [6, 6.07) is 6.88. The number of benzene rings is 1. The number of nitrogens with two attached hydrogens (primary N) is 1. The third-order valence-corrected chi connectivity index (χ3v) is 3.16. The molecule has 5 nitrogen and oxygen atoms in total. The number of thiocarbonyl (C=S) groups is 1. The molecule has 2 aromatic rings. The van der Waals surface area contributed by atoms with Gasteiger partial charge in [-0.15, -0.1) is 0 Å². The van der Waals surface area contributed by atoms with Gasteiger partial charge >= 0.3 is 0 Å². The summed E-state index contributed by atoms with van der Waals surface area (Å²) in [6.07, 6.45) is 2.55. The van der Waals surface area contributed by atoms with Gasteiger partial charge in [-0.05, 0) is 18.6 Å². The molecule has 1 aromatic heterocycles. The second-order valence-electron chi connectivity index (χ2n) is 4.41. The number of aromatic nitrogens is 2. The molecule has 20 heavy (non-hydrogen) atoms. The largest absolute Gasteiger partial charge is 0.389 e. The summed E-state index contributed by atoms with van der Waals surface area (Å²) < 4.78 is 1.68. The Morgan fingerprint density at radius 1 is 1.35 bits per heavy atom. The van der Waals surface area contributed by atoms with E-state index in [9.17, 15) is 4.79 Å². The zero-order valence-corrected chi connectivity index (χ0v) is 12.2. The van der Waals surface area contributed by atoms with Gasteiger partial charge in [0.1, 0.15) is 4.99 Å². The first kappa shape index (κ1) is 14.2. The molecule has 0 unspecified atom stereocenters. The fourth-order valence-electron chi connectivity index (χ4n) is 1.88. The molecule has 0 fully saturated rings. The summed E-state index contributed by atoms with van der Waals surface area (Å²) in [4.78, 5) is 12.5. The highest BCUT2D eigenvalue weighted by molar-refractivity contribution is 7.80. The maximum absolute atomic E-state index is 12.2. The minimum absolute atomic E-state index is 0.179. The lowest BCUT2D eigenvalue weighted by Crippen LogP contribution is -2.14. The van der Waals surface area contributed by atoms with Gasteiger partial charge in [0, 0.05) is 24.4 Å². The van der Waals surface area contributed by atoms with Crippen molar-refractivity contribution in [3.8, 4) is 0 Å². The Kier molecular flexibility index (Phi) is 4.14. The number of aryl methyl sites for hydroxylation is 2. The summed E-state index contributed by atoms with van der Waals surface area (Å²) >= 11 is 4.88. The summed E-state index contributed by atoms with van der Waals surface area (Å²) in [7, 11) is 1.83. The molecule has 0 atom stereocenters. The highest BCUT2D eigenvalue weighted by Crippen LogP contribution is 2.15. The van der Waals surface area contributed by atoms with E-state index >= 15 is 0 Å². The summed E-state index contributed by atoms with van der Waals surface area (Å²) in [5.41, 5.74) is 8.41. The molecular formula is C14H16N4OS. The molecule has 0 saturated carbocycles. The number of anilines is 1. The molecule has 0 saturated heterocycles. The van der Waals surface area contributed by atoms with Crippen LogP contribution in [0.5, 0.6) is 0 Å². The number of carbonyl (C=O) groups excluding carboxylic acids is 1. The standard InChI is InChI=1S/C14H16N4OS/c1-3-11-12(8-18(2)17-11)16-14(19)10-6-4-9(5-7-10)13(15)20/h4-8H,3H2,1-2H3,(H2,15,20)(H,16,19). The number of rotatable bonds is 4. The predicted octanol–water partition coefficient (Wildman–Crippen LogP) is 1.87. The zero-order valence-electron chi connectivity index (χ0n) is 11.4. The SMILES string of the molecule is CCc1nn(C)cc1NC(=O)c1ccc(C(N)=S)cc1. The molecule has 0 aliphatic heterocycles. The highest BCUT2D eigenvalue weighted by atomic mass is 32.1. The van der Waals surface area contributed by atoms with Crippen molar-refractivity contribution in [3.05, 3.63) is 47.3 Å². The minimum Gasteiger partial charge on any atom is -0.389 e. The predicted molar refractivity (Wildman–Crippen MR) is 82.9 cm³/mol. The number of nitrogens with zero attached hydrogens (tertiary/aromatic N) is 2. The minimum atomic E-state index is -0.179. The molecule has 2 rings (SSSR count). The van der Waals surface area contributed by atoms with Crippen LogP contribution >= 0.6 is 12.2 Å². The average Bonchev–Trinajstić information content (AvgIpc) is 2.78.